The van der Waals surface area contributed by atoms with Gasteiger partial charge in [0.15, 0.2) is 0 Å². The number of nitrogens with zero attached hydrogens (tertiary/aromatic N) is 5. The fourth-order valence-electron chi connectivity index (χ4n) is 7.36. The minimum Gasteiger partial charge on any atom is -0.387 e. The van der Waals surface area contributed by atoms with Crippen LogP contribution in [-0.2, 0) is 17.9 Å². The van der Waals surface area contributed by atoms with Gasteiger partial charge in [-0.25, -0.2) is 0 Å². The van der Waals surface area contributed by atoms with Crippen LogP contribution < -0.4 is 21.6 Å². The Kier molecular flexibility index (Phi) is 9.95. The van der Waals surface area contributed by atoms with Crippen LogP contribution in [0.3, 0.4) is 0 Å². The van der Waals surface area contributed by atoms with Crippen LogP contribution in [0.1, 0.15) is 67.5 Å². The van der Waals surface area contributed by atoms with Gasteiger partial charge in [0.1, 0.15) is 12.7 Å². The van der Waals surface area contributed by atoms with Crippen LogP contribution in [0.2, 0.25) is 10.0 Å². The van der Waals surface area contributed by atoms with Gasteiger partial charge in [0, 0.05) is 71.9 Å². The summed E-state index contributed by atoms with van der Waals surface area (Å²) in [7, 11) is 0. The van der Waals surface area contributed by atoms with E-state index in [0.717, 1.165) is 59.6 Å². The molecule has 0 saturated carbocycles. The molecule has 4 aromatic rings. The first kappa shape index (κ1) is 35.8. The number of fused-ring (bicyclic) bond motifs is 2. The number of pyridine rings is 1. The van der Waals surface area contributed by atoms with E-state index in [1.165, 1.54) is 6.20 Å². The molecule has 270 valence electrons. The molecule has 0 bridgehead atoms. The third-order valence-corrected chi connectivity index (χ3v) is 11.0. The Morgan fingerprint density at radius 3 is 2.58 bits per heavy atom. The zero-order valence-corrected chi connectivity index (χ0v) is 31.2. The molecular weight excluding hydrogens is 697 g/mol. The van der Waals surface area contributed by atoms with Crippen molar-refractivity contribution >= 4 is 57.1 Å². The topological polar surface area (TPSA) is 132 Å². The SMILES string of the molecule is Cc1ccc(Nc2c(C#N)cnc3c(Cl)cc(N[C@H](C4=CN(C5CCN(C(C)(C)C)CC5)NN4)c4cccc5c4CN(C(=O)CO)C5)cc23)cc1Cl. The number of aryl methyl sites for hydroxylation is 1. The number of benzene rings is 3. The molecule has 0 radical (unpaired) electrons. The van der Waals surface area contributed by atoms with Crippen molar-refractivity contribution in [1.29, 1.82) is 5.26 Å². The molecule has 1 aromatic heterocycles. The number of likely N-dealkylation sites (tertiary alicyclic amines) is 1. The van der Waals surface area contributed by atoms with Crippen LogP contribution in [0, 0.1) is 18.3 Å². The van der Waals surface area contributed by atoms with Crippen molar-refractivity contribution in [2.24, 2.45) is 0 Å². The predicted molar refractivity (Wildman–Crippen MR) is 206 cm³/mol. The standard InChI is InChI=1S/C39H43Cl2N9O2/c1-23-8-9-26(15-32(23)40)44-36-25(17-42)18-43-37-30(36)14-27(16-33(37)41)45-38(29-7-5-6-24-19-48(20-31(24)29)35(52)22-51)34-21-50(47-46-34)28-10-12-49(13-11-28)39(2,3)4/h5-9,14-16,18,21,28,38,45-47,51H,10-13,19-20,22H2,1-4H3,(H,43,44)/t38-/m0/s1. The highest BCUT2D eigenvalue weighted by Crippen LogP contribution is 2.39. The number of aromatic nitrogens is 1. The molecule has 1 atom stereocenters. The van der Waals surface area contributed by atoms with E-state index in [-0.39, 0.29) is 17.5 Å². The third-order valence-electron chi connectivity index (χ3n) is 10.3. The van der Waals surface area contributed by atoms with Gasteiger partial charge in [-0.05, 0) is 87.1 Å². The highest BCUT2D eigenvalue weighted by Gasteiger charge is 2.34. The van der Waals surface area contributed by atoms with E-state index in [9.17, 15) is 15.2 Å². The highest BCUT2D eigenvalue weighted by molar-refractivity contribution is 6.36. The molecule has 1 saturated heterocycles. The molecule has 13 heteroatoms. The largest absolute Gasteiger partial charge is 0.387 e. The Labute approximate surface area is 314 Å². The number of rotatable bonds is 8. The highest BCUT2D eigenvalue weighted by atomic mass is 35.5. The van der Waals surface area contributed by atoms with Gasteiger partial charge in [-0.15, -0.1) is 5.53 Å². The van der Waals surface area contributed by atoms with Crippen molar-refractivity contribution in [3.05, 3.63) is 104 Å². The number of nitriles is 1. The minimum atomic E-state index is -0.538. The quantitative estimate of drug-likeness (QED) is 0.130. The molecule has 1 amide bonds. The Balaban J connectivity index is 1.27. The molecule has 0 unspecified atom stereocenters. The number of amides is 1. The van der Waals surface area contributed by atoms with E-state index in [4.69, 9.17) is 23.2 Å². The summed E-state index contributed by atoms with van der Waals surface area (Å²) in [5, 5.41) is 30.8. The predicted octanol–water partition coefficient (Wildman–Crippen LogP) is 6.88. The van der Waals surface area contributed by atoms with E-state index in [1.807, 2.05) is 49.4 Å². The molecule has 11 nitrogen and oxygen atoms in total. The monoisotopic (exact) mass is 739 g/mol. The lowest BCUT2D eigenvalue weighted by Gasteiger charge is -2.42. The van der Waals surface area contributed by atoms with Crippen molar-refractivity contribution in [1.82, 2.24) is 30.8 Å². The summed E-state index contributed by atoms with van der Waals surface area (Å²) in [6.45, 7) is 11.0. The smallest absolute Gasteiger partial charge is 0.248 e. The zero-order chi connectivity index (χ0) is 36.7. The van der Waals surface area contributed by atoms with Gasteiger partial charge in [0.25, 0.3) is 0 Å². The second-order valence-electron chi connectivity index (χ2n) is 14.7. The molecule has 0 spiro atoms. The van der Waals surface area contributed by atoms with Crippen molar-refractivity contribution < 1.29 is 9.90 Å². The molecule has 52 heavy (non-hydrogen) atoms. The van der Waals surface area contributed by atoms with E-state index in [2.05, 4.69) is 75.6 Å². The third kappa shape index (κ3) is 7.09. The first-order valence-electron chi connectivity index (χ1n) is 17.5. The summed E-state index contributed by atoms with van der Waals surface area (Å²) in [5.41, 5.74) is 14.8. The number of hydrogen-bond acceptors (Lipinski definition) is 10. The number of hydrazine groups is 2. The Hall–Kier alpha value is -4.57. The maximum atomic E-state index is 12.6. The maximum Gasteiger partial charge on any atom is 0.248 e. The molecule has 5 N–H and O–H groups in total. The molecule has 3 aliphatic heterocycles. The van der Waals surface area contributed by atoms with Gasteiger partial charge in [-0.3, -0.25) is 19.7 Å². The van der Waals surface area contributed by atoms with Crippen molar-refractivity contribution in [3.8, 4) is 6.07 Å². The van der Waals surface area contributed by atoms with Gasteiger partial charge < -0.3 is 26.1 Å². The average molecular weight is 741 g/mol. The summed E-state index contributed by atoms with van der Waals surface area (Å²) in [6.07, 6.45) is 5.69. The maximum absolute atomic E-state index is 12.6. The summed E-state index contributed by atoms with van der Waals surface area (Å²) < 4.78 is 0. The van der Waals surface area contributed by atoms with Crippen LogP contribution in [0.25, 0.3) is 10.9 Å². The number of carbonyl (C=O) groups is 1. The second-order valence-corrected chi connectivity index (χ2v) is 15.5. The van der Waals surface area contributed by atoms with Crippen LogP contribution in [0.4, 0.5) is 17.1 Å². The summed E-state index contributed by atoms with van der Waals surface area (Å²) in [5.74, 6) is -0.309. The van der Waals surface area contributed by atoms with E-state index >= 15 is 0 Å². The van der Waals surface area contributed by atoms with Crippen molar-refractivity contribution in [2.75, 3.05) is 30.3 Å². The van der Waals surface area contributed by atoms with Crippen LogP contribution in [0.5, 0.6) is 0 Å². The first-order chi connectivity index (χ1) is 24.9. The lowest BCUT2D eigenvalue weighted by atomic mass is 9.95. The number of halogens is 2. The second kappa shape index (κ2) is 14.5. The number of anilines is 3. The zero-order valence-electron chi connectivity index (χ0n) is 29.7. The fraction of sp³-hybridized carbons (Fsp3) is 0.359. The van der Waals surface area contributed by atoms with Crippen LogP contribution in [0.15, 0.2) is 66.6 Å². The molecule has 0 aliphatic carbocycles. The molecule has 1 fully saturated rings. The van der Waals surface area contributed by atoms with Gasteiger partial charge in [-0.1, -0.05) is 47.5 Å². The van der Waals surface area contributed by atoms with Crippen molar-refractivity contribution in [2.45, 2.75) is 71.2 Å². The number of nitrogens with one attached hydrogen (secondary N) is 4. The first-order valence-corrected chi connectivity index (χ1v) is 18.3. The van der Waals surface area contributed by atoms with Gasteiger partial charge >= 0.3 is 0 Å². The molecular formula is C39H43Cl2N9O2. The summed E-state index contributed by atoms with van der Waals surface area (Å²) in [6, 6.07) is 17.8. The lowest BCUT2D eigenvalue weighted by molar-refractivity contribution is -0.134. The lowest BCUT2D eigenvalue weighted by Crippen LogP contribution is -2.52. The summed E-state index contributed by atoms with van der Waals surface area (Å²) in [4.78, 5) is 21.3. The number of hydrogen-bond donors (Lipinski definition) is 5. The van der Waals surface area contributed by atoms with Crippen molar-refractivity contribution in [3.63, 3.8) is 0 Å². The number of piperidine rings is 1. The molecule has 7 rings (SSSR count). The molecule has 3 aliphatic rings. The Morgan fingerprint density at radius 2 is 1.87 bits per heavy atom. The van der Waals surface area contributed by atoms with Crippen LogP contribution in [-0.4, -0.2) is 62.1 Å². The van der Waals surface area contributed by atoms with E-state index in [0.29, 0.717) is 57.0 Å². The van der Waals surface area contributed by atoms with E-state index in [1.54, 1.807) is 4.90 Å². The van der Waals surface area contributed by atoms with Gasteiger partial charge in [0.05, 0.1) is 33.5 Å². The summed E-state index contributed by atoms with van der Waals surface area (Å²) >= 11 is 13.4. The normalized spacial score (nSPS) is 17.1. The van der Waals surface area contributed by atoms with E-state index < -0.39 is 6.61 Å². The number of carbonyl (C=O) groups excluding carboxylic acids is 1. The average Bonchev–Trinajstić information content (AvgIpc) is 3.80. The fourth-order valence-corrected chi connectivity index (χ4v) is 7.81. The Bertz CT molecular complexity index is 2100. The number of aliphatic hydroxyl groups is 1. The van der Waals surface area contributed by atoms with Gasteiger partial charge in [0.2, 0.25) is 5.91 Å². The molecule has 4 heterocycles. The minimum absolute atomic E-state index is 0.129. The molecule has 3 aromatic carbocycles. The van der Waals surface area contributed by atoms with Gasteiger partial charge in [-0.2, -0.15) is 5.26 Å². The number of aliphatic hydroxyl groups excluding tert-OH is 1. The Morgan fingerprint density at radius 1 is 1.10 bits per heavy atom. The van der Waals surface area contributed by atoms with Crippen LogP contribution >= 0.6 is 23.2 Å².